The van der Waals surface area contributed by atoms with Crippen LogP contribution in [0.25, 0.3) is 11.5 Å². The zero-order valence-corrected chi connectivity index (χ0v) is 15.6. The van der Waals surface area contributed by atoms with Crippen molar-refractivity contribution in [2.24, 2.45) is 0 Å². The molecule has 1 unspecified atom stereocenters. The quantitative estimate of drug-likeness (QED) is 0.583. The van der Waals surface area contributed by atoms with Gasteiger partial charge in [-0.25, -0.2) is 0 Å². The van der Waals surface area contributed by atoms with Gasteiger partial charge in [-0.3, -0.25) is 0 Å². The summed E-state index contributed by atoms with van der Waals surface area (Å²) >= 11 is 1.40. The summed E-state index contributed by atoms with van der Waals surface area (Å²) in [7, 11) is 0. The van der Waals surface area contributed by atoms with Crippen LogP contribution in [0.5, 0.6) is 0 Å². The molecule has 1 aromatic carbocycles. The van der Waals surface area contributed by atoms with Crippen LogP contribution < -0.4 is 4.90 Å². The Labute approximate surface area is 150 Å². The highest BCUT2D eigenvalue weighted by atomic mass is 32.2. The Bertz CT molecular complexity index is 811. The Kier molecular flexibility index (Phi) is 5.37. The van der Waals surface area contributed by atoms with Gasteiger partial charge in [-0.05, 0) is 45.0 Å². The molecule has 25 heavy (non-hydrogen) atoms. The first-order valence-corrected chi connectivity index (χ1v) is 9.14. The molecule has 8 heteroatoms. The molecule has 0 saturated carbocycles. The van der Waals surface area contributed by atoms with Crippen molar-refractivity contribution in [3.8, 4) is 11.5 Å². The molecule has 0 N–H and O–H groups in total. The van der Waals surface area contributed by atoms with E-state index in [1.807, 2.05) is 19.1 Å². The van der Waals surface area contributed by atoms with Crippen LogP contribution in [0, 0.1) is 6.92 Å². The second kappa shape index (κ2) is 7.69. The number of thioether (sulfide) groups is 1. The predicted molar refractivity (Wildman–Crippen MR) is 96.6 cm³/mol. The van der Waals surface area contributed by atoms with Gasteiger partial charge in [0.1, 0.15) is 0 Å². The van der Waals surface area contributed by atoms with Crippen molar-refractivity contribution in [1.29, 1.82) is 0 Å². The smallest absolute Gasteiger partial charge is 0.277 e. The van der Waals surface area contributed by atoms with E-state index in [1.165, 1.54) is 17.4 Å². The lowest BCUT2D eigenvalue weighted by Gasteiger charge is -2.20. The van der Waals surface area contributed by atoms with Crippen LogP contribution in [-0.2, 0) is 0 Å². The minimum atomic E-state index is -0.0560. The minimum Gasteiger partial charge on any atom is -0.424 e. The van der Waals surface area contributed by atoms with Crippen LogP contribution >= 0.6 is 11.8 Å². The number of aromatic nitrogens is 4. The molecule has 0 aliphatic heterocycles. The van der Waals surface area contributed by atoms with E-state index in [4.69, 9.17) is 8.83 Å². The molecule has 3 aromatic rings. The molecule has 0 saturated heterocycles. The molecule has 0 aliphatic carbocycles. The third-order valence-electron chi connectivity index (χ3n) is 3.82. The summed E-state index contributed by atoms with van der Waals surface area (Å²) in [4.78, 5) is 2.28. The van der Waals surface area contributed by atoms with E-state index in [9.17, 15) is 0 Å². The van der Waals surface area contributed by atoms with E-state index in [0.29, 0.717) is 22.9 Å². The predicted octanol–water partition coefficient (Wildman–Crippen LogP) is 4.13. The Hall–Kier alpha value is -2.35. The lowest BCUT2D eigenvalue weighted by atomic mass is 10.2. The average molecular weight is 359 g/mol. The topological polar surface area (TPSA) is 81.1 Å². The molecule has 0 fully saturated rings. The molecule has 132 valence electrons. The van der Waals surface area contributed by atoms with Crippen LogP contribution in [0.4, 0.5) is 5.69 Å². The molecular formula is C17H21N5O2S. The summed E-state index contributed by atoms with van der Waals surface area (Å²) in [6.45, 7) is 9.96. The number of aryl methyl sites for hydroxylation is 1. The molecule has 7 nitrogen and oxygen atoms in total. The highest BCUT2D eigenvalue weighted by Crippen LogP contribution is 2.34. The zero-order chi connectivity index (χ0) is 17.8. The first kappa shape index (κ1) is 17.5. The van der Waals surface area contributed by atoms with Crippen LogP contribution in [-0.4, -0.2) is 33.5 Å². The van der Waals surface area contributed by atoms with Crippen LogP contribution in [0.2, 0.25) is 0 Å². The van der Waals surface area contributed by atoms with Gasteiger partial charge in [-0.15, -0.1) is 20.4 Å². The van der Waals surface area contributed by atoms with Gasteiger partial charge in [0.25, 0.3) is 5.22 Å². The van der Waals surface area contributed by atoms with E-state index in [0.717, 1.165) is 18.7 Å². The Morgan fingerprint density at radius 3 is 2.32 bits per heavy atom. The van der Waals surface area contributed by atoms with Crippen molar-refractivity contribution in [3.05, 3.63) is 36.0 Å². The highest BCUT2D eigenvalue weighted by Gasteiger charge is 2.18. The van der Waals surface area contributed by atoms with Crippen molar-refractivity contribution in [3.63, 3.8) is 0 Å². The Morgan fingerprint density at radius 1 is 1.00 bits per heavy atom. The molecule has 3 rings (SSSR count). The van der Waals surface area contributed by atoms with E-state index in [2.05, 4.69) is 51.3 Å². The van der Waals surface area contributed by atoms with E-state index >= 15 is 0 Å². The minimum absolute atomic E-state index is 0.0560. The van der Waals surface area contributed by atoms with E-state index in [1.54, 1.807) is 6.92 Å². The number of rotatable bonds is 7. The van der Waals surface area contributed by atoms with Gasteiger partial charge in [0, 0.05) is 31.3 Å². The summed E-state index contributed by atoms with van der Waals surface area (Å²) in [6.07, 6.45) is 0. The van der Waals surface area contributed by atoms with Crippen LogP contribution in [0.15, 0.2) is 38.3 Å². The summed E-state index contributed by atoms with van der Waals surface area (Å²) in [6, 6.07) is 8.15. The molecule has 0 spiro atoms. The summed E-state index contributed by atoms with van der Waals surface area (Å²) < 4.78 is 11.2. The summed E-state index contributed by atoms with van der Waals surface area (Å²) in [5, 5.41) is 16.5. The Balaban J connectivity index is 1.70. The van der Waals surface area contributed by atoms with Gasteiger partial charge < -0.3 is 13.7 Å². The van der Waals surface area contributed by atoms with Crippen molar-refractivity contribution >= 4 is 17.4 Å². The maximum Gasteiger partial charge on any atom is 0.277 e. The van der Waals surface area contributed by atoms with Gasteiger partial charge in [0.2, 0.25) is 17.7 Å². The largest absolute Gasteiger partial charge is 0.424 e. The first-order chi connectivity index (χ1) is 12.1. The van der Waals surface area contributed by atoms with Gasteiger partial charge in [-0.2, -0.15) is 0 Å². The lowest BCUT2D eigenvalue weighted by molar-refractivity contribution is 0.454. The monoisotopic (exact) mass is 359 g/mol. The first-order valence-electron chi connectivity index (χ1n) is 8.26. The third kappa shape index (κ3) is 4.01. The SMILES string of the molecule is CCN(CC)c1ccc(-c2nnc(SC(C)c3nnc(C)o3)o2)cc1. The highest BCUT2D eigenvalue weighted by molar-refractivity contribution is 7.99. The number of hydrogen-bond donors (Lipinski definition) is 0. The van der Waals surface area contributed by atoms with Crippen LogP contribution in [0.1, 0.15) is 37.8 Å². The zero-order valence-electron chi connectivity index (χ0n) is 14.8. The lowest BCUT2D eigenvalue weighted by Crippen LogP contribution is -2.21. The van der Waals surface area contributed by atoms with Crippen molar-refractivity contribution < 1.29 is 8.83 Å². The number of benzene rings is 1. The molecule has 2 heterocycles. The number of anilines is 1. The van der Waals surface area contributed by atoms with Crippen LogP contribution in [0.3, 0.4) is 0 Å². The molecule has 0 radical (unpaired) electrons. The maximum atomic E-state index is 5.76. The van der Waals surface area contributed by atoms with E-state index < -0.39 is 0 Å². The summed E-state index contributed by atoms with van der Waals surface area (Å²) in [5.74, 6) is 1.59. The van der Waals surface area contributed by atoms with Gasteiger partial charge >= 0.3 is 0 Å². The molecule has 0 amide bonds. The molecule has 0 aliphatic rings. The summed E-state index contributed by atoms with van der Waals surface area (Å²) in [5.41, 5.74) is 2.08. The van der Waals surface area contributed by atoms with Crippen molar-refractivity contribution in [2.45, 2.75) is 38.2 Å². The third-order valence-corrected chi connectivity index (χ3v) is 4.74. The van der Waals surface area contributed by atoms with E-state index in [-0.39, 0.29) is 5.25 Å². The fourth-order valence-electron chi connectivity index (χ4n) is 2.46. The standard InChI is InChI=1S/C17H21N5O2S/c1-5-22(6-2)14-9-7-13(8-10-14)16-20-21-17(24-16)25-11(3)15-19-18-12(4)23-15/h7-11H,5-6H2,1-4H3. The fraction of sp³-hybridized carbons (Fsp3) is 0.412. The van der Waals surface area contributed by atoms with Gasteiger partial charge in [0.05, 0.1) is 5.25 Å². The second-order valence-corrected chi connectivity index (χ2v) is 6.80. The average Bonchev–Trinajstić information content (AvgIpc) is 3.26. The number of hydrogen-bond acceptors (Lipinski definition) is 8. The molecule has 2 aromatic heterocycles. The maximum absolute atomic E-state index is 5.76. The molecule has 1 atom stereocenters. The molecule has 0 bridgehead atoms. The number of nitrogens with zero attached hydrogens (tertiary/aromatic N) is 5. The van der Waals surface area contributed by atoms with Gasteiger partial charge in [-0.1, -0.05) is 11.8 Å². The van der Waals surface area contributed by atoms with Crippen molar-refractivity contribution in [1.82, 2.24) is 20.4 Å². The Morgan fingerprint density at radius 2 is 1.72 bits per heavy atom. The fourth-order valence-corrected chi connectivity index (χ4v) is 3.17. The molecular weight excluding hydrogens is 338 g/mol. The second-order valence-electron chi connectivity index (χ2n) is 5.51. The normalized spacial score (nSPS) is 12.3. The van der Waals surface area contributed by atoms with Gasteiger partial charge in [0.15, 0.2) is 0 Å². The van der Waals surface area contributed by atoms with Crippen molar-refractivity contribution in [2.75, 3.05) is 18.0 Å².